The second-order valence-electron chi connectivity index (χ2n) is 2.77. The molecule has 0 radical (unpaired) electrons. The van der Waals surface area contributed by atoms with E-state index in [1.165, 1.54) is 6.07 Å². The summed E-state index contributed by atoms with van der Waals surface area (Å²) >= 11 is 11.4. The average Bonchev–Trinajstić information content (AvgIpc) is 2.12. The molecule has 1 rings (SSSR count). The molecule has 1 aromatic rings. The van der Waals surface area contributed by atoms with Gasteiger partial charge >= 0.3 is 0 Å². The summed E-state index contributed by atoms with van der Waals surface area (Å²) in [4.78, 5) is 0. The molecule has 80 valence electrons. The van der Waals surface area contributed by atoms with Crippen LogP contribution in [-0.4, -0.2) is 0 Å². The molecule has 0 unspecified atom stereocenters. The van der Waals surface area contributed by atoms with Gasteiger partial charge in [0.1, 0.15) is 5.82 Å². The van der Waals surface area contributed by atoms with E-state index in [-0.39, 0.29) is 17.4 Å². The molecule has 0 aromatic heterocycles. The molecule has 14 heavy (non-hydrogen) atoms. The largest absolute Gasteiger partial charge is 0.324 e. The molecule has 0 bridgehead atoms. The first-order chi connectivity index (χ1) is 6.07. The van der Waals surface area contributed by atoms with Gasteiger partial charge in [-0.25, -0.2) is 4.39 Å². The van der Waals surface area contributed by atoms with Crippen molar-refractivity contribution in [2.24, 2.45) is 5.73 Å². The van der Waals surface area contributed by atoms with E-state index < -0.39 is 11.9 Å². The van der Waals surface area contributed by atoms with Crippen LogP contribution < -0.4 is 5.73 Å². The molecule has 1 atom stereocenters. The summed E-state index contributed by atoms with van der Waals surface area (Å²) in [6.07, 6.45) is 0.622. The topological polar surface area (TPSA) is 26.0 Å². The molecule has 0 aliphatic carbocycles. The van der Waals surface area contributed by atoms with Crippen molar-refractivity contribution >= 4 is 35.6 Å². The molecule has 0 saturated carbocycles. The monoisotopic (exact) mass is 257 g/mol. The normalized spacial score (nSPS) is 12.1. The Bertz CT molecular complexity index is 317. The zero-order chi connectivity index (χ0) is 10.0. The standard InChI is InChI=1S/C9H10Cl2FN.ClH/c1-2-7(13)8-5(10)3-4-6(11)9(8)12;/h3-4,7H,2,13H2,1H3;1H/t7-;/m1./s1. The van der Waals surface area contributed by atoms with Crippen molar-refractivity contribution < 1.29 is 4.39 Å². The van der Waals surface area contributed by atoms with Crippen LogP contribution in [0.5, 0.6) is 0 Å². The first kappa shape index (κ1) is 14.0. The van der Waals surface area contributed by atoms with E-state index in [4.69, 9.17) is 28.9 Å². The zero-order valence-electron chi connectivity index (χ0n) is 7.56. The summed E-state index contributed by atoms with van der Waals surface area (Å²) in [6.45, 7) is 1.86. The molecule has 5 heteroatoms. The smallest absolute Gasteiger partial charge is 0.148 e. The second-order valence-corrected chi connectivity index (χ2v) is 3.59. The lowest BCUT2D eigenvalue weighted by molar-refractivity contribution is 0.576. The van der Waals surface area contributed by atoms with Gasteiger partial charge in [0, 0.05) is 16.6 Å². The van der Waals surface area contributed by atoms with E-state index in [1.54, 1.807) is 6.07 Å². The number of hydrogen-bond donors (Lipinski definition) is 1. The van der Waals surface area contributed by atoms with Crippen LogP contribution in [0.4, 0.5) is 4.39 Å². The van der Waals surface area contributed by atoms with Crippen molar-refractivity contribution in [1.82, 2.24) is 0 Å². The second kappa shape index (κ2) is 5.76. The lowest BCUT2D eigenvalue weighted by Crippen LogP contribution is -2.11. The molecule has 0 heterocycles. The van der Waals surface area contributed by atoms with Crippen LogP contribution in [0.15, 0.2) is 12.1 Å². The van der Waals surface area contributed by atoms with E-state index in [2.05, 4.69) is 0 Å². The number of nitrogens with two attached hydrogens (primary N) is 1. The molecule has 0 aliphatic heterocycles. The first-order valence-corrected chi connectivity index (χ1v) is 4.72. The van der Waals surface area contributed by atoms with E-state index in [9.17, 15) is 4.39 Å². The maximum atomic E-state index is 13.4. The number of rotatable bonds is 2. The maximum Gasteiger partial charge on any atom is 0.148 e. The van der Waals surface area contributed by atoms with Gasteiger partial charge in [-0.2, -0.15) is 0 Å². The molecule has 0 amide bonds. The Kier molecular flexibility index (Phi) is 5.75. The first-order valence-electron chi connectivity index (χ1n) is 3.96. The predicted molar refractivity (Wildman–Crippen MR) is 60.9 cm³/mol. The molecule has 1 aromatic carbocycles. The molecule has 2 N–H and O–H groups in total. The van der Waals surface area contributed by atoms with Crippen LogP contribution in [0.1, 0.15) is 24.9 Å². The van der Waals surface area contributed by atoms with Crippen LogP contribution >= 0.6 is 35.6 Å². The van der Waals surface area contributed by atoms with Crippen LogP contribution in [0, 0.1) is 5.82 Å². The Hall–Kier alpha value is -0.0200. The minimum Gasteiger partial charge on any atom is -0.324 e. The van der Waals surface area contributed by atoms with Gasteiger partial charge in [0.25, 0.3) is 0 Å². The van der Waals surface area contributed by atoms with Gasteiger partial charge in [0.2, 0.25) is 0 Å². The molecule has 1 nitrogen and oxygen atoms in total. The number of hydrogen-bond acceptors (Lipinski definition) is 1. The van der Waals surface area contributed by atoms with Crippen molar-refractivity contribution in [3.8, 4) is 0 Å². The molecular formula is C9H11Cl3FN. The molecule has 0 spiro atoms. The predicted octanol–water partition coefficient (Wildman–Crippen LogP) is 3.96. The Balaban J connectivity index is 0.00000169. The van der Waals surface area contributed by atoms with Crippen molar-refractivity contribution in [1.29, 1.82) is 0 Å². The summed E-state index contributed by atoms with van der Waals surface area (Å²) in [5, 5.41) is 0.388. The Morgan fingerprint density at radius 1 is 1.36 bits per heavy atom. The van der Waals surface area contributed by atoms with Gasteiger partial charge in [0.15, 0.2) is 0 Å². The quantitative estimate of drug-likeness (QED) is 0.798. The van der Waals surface area contributed by atoms with Gasteiger partial charge in [0.05, 0.1) is 5.02 Å². The molecule has 0 aliphatic rings. The summed E-state index contributed by atoms with van der Waals surface area (Å²) < 4.78 is 13.4. The molecule has 0 fully saturated rings. The van der Waals surface area contributed by atoms with Crippen molar-refractivity contribution in [2.75, 3.05) is 0 Å². The molecular weight excluding hydrogens is 247 g/mol. The van der Waals surface area contributed by atoms with Gasteiger partial charge in [-0.3, -0.25) is 0 Å². The fourth-order valence-corrected chi connectivity index (χ4v) is 1.54. The fourth-order valence-electron chi connectivity index (χ4n) is 1.09. The van der Waals surface area contributed by atoms with E-state index in [1.807, 2.05) is 6.92 Å². The minimum absolute atomic E-state index is 0. The van der Waals surface area contributed by atoms with Crippen molar-refractivity contribution in [3.05, 3.63) is 33.6 Å². The summed E-state index contributed by atoms with van der Waals surface area (Å²) in [7, 11) is 0. The Morgan fingerprint density at radius 2 is 1.86 bits per heavy atom. The lowest BCUT2D eigenvalue weighted by atomic mass is 10.1. The fraction of sp³-hybridized carbons (Fsp3) is 0.333. The lowest BCUT2D eigenvalue weighted by Gasteiger charge is -2.12. The van der Waals surface area contributed by atoms with E-state index in [0.717, 1.165) is 0 Å². The van der Waals surface area contributed by atoms with Crippen LogP contribution in [-0.2, 0) is 0 Å². The van der Waals surface area contributed by atoms with E-state index >= 15 is 0 Å². The van der Waals surface area contributed by atoms with Crippen LogP contribution in [0.2, 0.25) is 10.0 Å². The van der Waals surface area contributed by atoms with Crippen molar-refractivity contribution in [2.45, 2.75) is 19.4 Å². The SMILES string of the molecule is CC[C@@H](N)c1c(Cl)ccc(Cl)c1F.Cl. The highest BCUT2D eigenvalue weighted by Crippen LogP contribution is 2.30. The Labute approximate surface area is 98.8 Å². The highest BCUT2D eigenvalue weighted by Gasteiger charge is 2.16. The average molecular weight is 259 g/mol. The van der Waals surface area contributed by atoms with Gasteiger partial charge in [-0.05, 0) is 18.6 Å². The third-order valence-electron chi connectivity index (χ3n) is 1.89. The summed E-state index contributed by atoms with van der Waals surface area (Å²) in [6, 6.07) is 2.58. The Morgan fingerprint density at radius 3 is 2.36 bits per heavy atom. The maximum absolute atomic E-state index is 13.4. The highest BCUT2D eigenvalue weighted by molar-refractivity contribution is 6.33. The number of benzene rings is 1. The highest BCUT2D eigenvalue weighted by atomic mass is 35.5. The number of halogens is 4. The summed E-state index contributed by atoms with van der Waals surface area (Å²) in [5.41, 5.74) is 5.98. The van der Waals surface area contributed by atoms with Gasteiger partial charge in [-0.15, -0.1) is 12.4 Å². The van der Waals surface area contributed by atoms with Crippen molar-refractivity contribution in [3.63, 3.8) is 0 Å². The van der Waals surface area contributed by atoms with Crippen LogP contribution in [0.25, 0.3) is 0 Å². The van der Waals surface area contributed by atoms with E-state index in [0.29, 0.717) is 17.0 Å². The van der Waals surface area contributed by atoms with Gasteiger partial charge in [-0.1, -0.05) is 30.1 Å². The molecule has 0 saturated heterocycles. The minimum atomic E-state index is -0.511. The third-order valence-corrected chi connectivity index (χ3v) is 2.51. The third kappa shape index (κ3) is 2.74. The van der Waals surface area contributed by atoms with Gasteiger partial charge < -0.3 is 5.73 Å². The summed E-state index contributed by atoms with van der Waals surface area (Å²) in [5.74, 6) is -0.511. The van der Waals surface area contributed by atoms with Crippen LogP contribution in [0.3, 0.4) is 0 Å². The zero-order valence-corrected chi connectivity index (χ0v) is 9.89.